The van der Waals surface area contributed by atoms with Gasteiger partial charge >= 0.3 is 48.7 Å². The summed E-state index contributed by atoms with van der Waals surface area (Å²) in [7, 11) is 0. The number of ether oxygens (including phenoxy) is 12. The van der Waals surface area contributed by atoms with Crippen molar-refractivity contribution in [2.75, 3.05) is 52.6 Å². The minimum absolute atomic E-state index is 0.00831. The molecule has 2 aromatic rings. The van der Waals surface area contributed by atoms with Crippen molar-refractivity contribution in [2.45, 2.75) is 218 Å². The van der Waals surface area contributed by atoms with Gasteiger partial charge in [0.2, 0.25) is 23.8 Å². The molecule has 0 radical (unpaired) electrons. The molecule has 0 saturated carbocycles. The van der Waals surface area contributed by atoms with Crippen LogP contribution in [0.4, 0.5) is 38.4 Å². The van der Waals surface area contributed by atoms with E-state index in [9.17, 15) is 38.4 Å². The fourth-order valence-electron chi connectivity index (χ4n) is 7.14. The molecule has 0 spiro atoms. The predicted molar refractivity (Wildman–Crippen MR) is 366 cm³/mol. The summed E-state index contributed by atoms with van der Waals surface area (Å²) in [5, 5.41) is 19.5. The van der Waals surface area contributed by atoms with E-state index in [1.54, 1.807) is 197 Å². The molecule has 0 unspecified atom stereocenters. The van der Waals surface area contributed by atoms with Crippen LogP contribution in [-0.4, -0.2) is 170 Å². The summed E-state index contributed by atoms with van der Waals surface area (Å²) >= 11 is 0. The molecule has 0 heterocycles. The van der Waals surface area contributed by atoms with E-state index < -0.39 is 93.6 Å². The molecule has 0 atom stereocenters. The lowest BCUT2D eigenvalue weighted by Gasteiger charge is -2.23. The summed E-state index contributed by atoms with van der Waals surface area (Å²) in [6.45, 7) is 37.3. The number of nitrogens with one attached hydrogen (secondary N) is 8. The van der Waals surface area contributed by atoms with E-state index in [2.05, 4.69) is 62.5 Å². The van der Waals surface area contributed by atoms with E-state index in [1.165, 1.54) is 0 Å². The lowest BCUT2D eigenvalue weighted by atomic mass is 9.99. The first-order chi connectivity index (χ1) is 44.8. The van der Waals surface area contributed by atoms with E-state index in [0.29, 0.717) is 5.56 Å². The minimum atomic E-state index is -0.951. The highest BCUT2D eigenvalue weighted by Crippen LogP contribution is 2.47. The Bertz CT molecular complexity index is 3060. The molecule has 0 fully saturated rings. The number of amides is 8. The highest BCUT2D eigenvalue weighted by atomic mass is 16.6. The molecule has 8 amide bonds. The molecule has 33 heteroatoms. The van der Waals surface area contributed by atoms with Gasteiger partial charge in [-0.25, -0.2) is 58.3 Å². The fourth-order valence-corrected chi connectivity index (χ4v) is 7.14. The van der Waals surface area contributed by atoms with Gasteiger partial charge in [-0.2, -0.15) is 0 Å². The Kier molecular flexibility index (Phi) is 31.6. The van der Waals surface area contributed by atoms with E-state index in [4.69, 9.17) is 62.6 Å². The molecule has 33 nitrogen and oxygen atoms in total. The van der Waals surface area contributed by atoms with Gasteiger partial charge in [0.25, 0.3) is 0 Å². The van der Waals surface area contributed by atoms with Gasteiger partial charge in [-0.3, -0.25) is 42.5 Å². The van der Waals surface area contributed by atoms with Crippen LogP contribution in [0.25, 0.3) is 11.1 Å². The molecular formula is C65H105N13O20. The third-order valence-electron chi connectivity index (χ3n) is 10.1. The van der Waals surface area contributed by atoms with Crippen molar-refractivity contribution < 1.29 is 95.2 Å². The molecule has 0 bridgehead atoms. The number of hydrogen-bond donors (Lipinski definition) is 9. The zero-order chi connectivity index (χ0) is 74.8. The maximum absolute atomic E-state index is 13.1. The van der Waals surface area contributed by atoms with E-state index in [1.807, 2.05) is 0 Å². The van der Waals surface area contributed by atoms with Crippen molar-refractivity contribution in [3.63, 3.8) is 0 Å². The Balaban J connectivity index is 3.09. The largest absolute Gasteiger partial charge is 0.488 e. The second-order valence-corrected chi connectivity index (χ2v) is 29.1. The Morgan fingerprint density at radius 2 is 0.531 bits per heavy atom. The van der Waals surface area contributed by atoms with Crippen LogP contribution in [0, 0.1) is 0 Å². The predicted octanol–water partition coefficient (Wildman–Crippen LogP) is 9.95. The van der Waals surface area contributed by atoms with Crippen molar-refractivity contribution in [3.8, 4) is 34.1 Å². The second-order valence-electron chi connectivity index (χ2n) is 29.1. The summed E-state index contributed by atoms with van der Waals surface area (Å²) in [5.74, 6) is -1.21. The summed E-state index contributed by atoms with van der Waals surface area (Å²) in [6.07, 6.45) is -7.54. The number of carbonyl (C=O) groups is 8. The zero-order valence-corrected chi connectivity index (χ0v) is 61.3. The molecule has 0 aliphatic heterocycles. The summed E-state index contributed by atoms with van der Waals surface area (Å²) in [6, 6.07) is 8.14. The van der Waals surface area contributed by atoms with Gasteiger partial charge in [0.05, 0.1) is 26.2 Å². The summed E-state index contributed by atoms with van der Waals surface area (Å²) < 4.78 is 69.4. The maximum atomic E-state index is 13.1. The zero-order valence-electron chi connectivity index (χ0n) is 61.3. The summed E-state index contributed by atoms with van der Waals surface area (Å²) in [5.41, 5.74) is -0.165. The van der Waals surface area contributed by atoms with Crippen molar-refractivity contribution in [1.29, 1.82) is 0 Å². The molecule has 550 valence electrons. The third-order valence-corrected chi connectivity index (χ3v) is 10.1. The van der Waals surface area contributed by atoms with Gasteiger partial charge in [-0.05, 0) is 178 Å². The van der Waals surface area contributed by atoms with E-state index in [0.717, 1.165) is 0 Å². The molecule has 2 aromatic carbocycles. The third kappa shape index (κ3) is 38.9. The lowest BCUT2D eigenvalue weighted by molar-refractivity contribution is 0.0521. The average molecular weight is 1390 g/mol. The first kappa shape index (κ1) is 84.5. The molecular weight excluding hydrogens is 1280 g/mol. The van der Waals surface area contributed by atoms with Crippen molar-refractivity contribution in [3.05, 3.63) is 35.9 Å². The smallest absolute Gasteiger partial charge is 0.414 e. The number of benzene rings is 2. The number of carbonyl (C=O) groups excluding carboxylic acids is 8. The van der Waals surface area contributed by atoms with Gasteiger partial charge in [-0.15, -0.1) is 0 Å². The van der Waals surface area contributed by atoms with Gasteiger partial charge in [0, 0.05) is 23.2 Å². The molecule has 0 aliphatic rings. The van der Waals surface area contributed by atoms with Crippen LogP contribution in [-0.2, 0) is 44.4 Å². The van der Waals surface area contributed by atoms with Crippen LogP contribution in [0.5, 0.6) is 23.0 Å². The lowest BCUT2D eigenvalue weighted by Crippen LogP contribution is -2.47. The number of guanidine groups is 4. The van der Waals surface area contributed by atoms with Crippen molar-refractivity contribution >= 4 is 72.6 Å². The van der Waals surface area contributed by atoms with Gasteiger partial charge < -0.3 is 62.6 Å². The highest BCUT2D eigenvalue weighted by molar-refractivity contribution is 6.03. The Labute approximate surface area is 574 Å². The normalized spacial score (nSPS) is 11.8. The maximum Gasteiger partial charge on any atom is 0.414 e. The summed E-state index contributed by atoms with van der Waals surface area (Å²) in [4.78, 5) is 122. The Hall–Kier alpha value is -9.56. The van der Waals surface area contributed by atoms with E-state index in [-0.39, 0.29) is 117 Å². The molecule has 10 N–H and O–H groups in total. The fraction of sp³-hybridized carbons (Fsp3) is 0.631. The van der Waals surface area contributed by atoms with E-state index >= 15 is 0 Å². The standard InChI is InChI=1S/C65H105N13O20/c1-58(2,3)91-50(79)71-46(72-51(80)92-59(4,5)6)67-30-34-87-42-27-25-26-40(44(42)89-36-32-69-48(75-54(83)95-62(13,14)15)76-55(84)96-63(16,17)18)41-29-28-39(38-66)43(88-35-31-68-47(73-52(81)93-60(7,8)9)74-53(82)94-61(10,11)12)45(41)90-37-33-70-49(77-56(85)97-64(19,20)21)78-57(86)98-65(22,23)24/h25-29H,30-38,66H2,1-24H3,(H2,67,71,72,79,80)(H2,68,73,74,81,82)(H2,69,75,76,83,84)(H2,70,77,78,85,86). The molecule has 0 aliphatic carbocycles. The number of aliphatic imine (C=N–C) groups is 4. The first-order valence-corrected chi connectivity index (χ1v) is 31.4. The quantitative estimate of drug-likeness (QED) is 0.0290. The SMILES string of the molecule is CC(C)(C)OC(=O)NC(=NCCOc1cccc(-c2ccc(CN)c(OCCN=C(NC(=O)OC(C)(C)C)NC(=O)OC(C)(C)C)c2OCCN=C(NC(=O)OC(C)(C)C)NC(=O)OC(C)(C)C)c1OCCN=C(NC(=O)OC(C)(C)C)NC(=O)OC(C)(C)C)NC(=O)OC(C)(C)C. The number of para-hydroxylation sites is 1. The Morgan fingerprint density at radius 1 is 0.306 bits per heavy atom. The van der Waals surface area contributed by atoms with Crippen LogP contribution in [0.3, 0.4) is 0 Å². The minimum Gasteiger partial charge on any atom is -0.488 e. The number of nitrogens with zero attached hydrogens (tertiary/aromatic N) is 4. The highest BCUT2D eigenvalue weighted by Gasteiger charge is 2.28. The van der Waals surface area contributed by atoms with Crippen LogP contribution in [0.1, 0.15) is 172 Å². The average Bonchev–Trinajstić information content (AvgIpc) is 0.780. The Morgan fingerprint density at radius 3 is 0.776 bits per heavy atom. The van der Waals surface area contributed by atoms with Gasteiger partial charge in [0.1, 0.15) is 71.2 Å². The second kappa shape index (κ2) is 36.7. The number of rotatable bonds is 18. The first-order valence-electron chi connectivity index (χ1n) is 31.4. The van der Waals surface area contributed by atoms with Crippen LogP contribution < -0.4 is 67.2 Å². The topological polar surface area (TPSA) is 419 Å². The molecule has 98 heavy (non-hydrogen) atoms. The van der Waals surface area contributed by atoms with Crippen LogP contribution in [0.2, 0.25) is 0 Å². The monoisotopic (exact) mass is 1390 g/mol. The van der Waals surface area contributed by atoms with Crippen LogP contribution >= 0.6 is 0 Å². The number of nitrogens with two attached hydrogens (primary N) is 1. The molecule has 0 saturated heterocycles. The van der Waals surface area contributed by atoms with Crippen molar-refractivity contribution in [2.24, 2.45) is 25.7 Å². The van der Waals surface area contributed by atoms with Crippen molar-refractivity contribution in [1.82, 2.24) is 42.5 Å². The van der Waals surface area contributed by atoms with Crippen LogP contribution in [0.15, 0.2) is 50.3 Å². The molecule has 2 rings (SSSR count). The number of hydrogen-bond acceptors (Lipinski definition) is 25. The van der Waals surface area contributed by atoms with Gasteiger partial charge in [0.15, 0.2) is 23.0 Å². The van der Waals surface area contributed by atoms with Gasteiger partial charge in [-0.1, -0.05) is 18.2 Å². The molecule has 0 aromatic heterocycles. The number of alkyl carbamates (subject to hydrolysis) is 8.